The van der Waals surface area contributed by atoms with Crippen LogP contribution in [0.1, 0.15) is 22.0 Å². The van der Waals surface area contributed by atoms with Crippen LogP contribution in [0.4, 0.5) is 0 Å². The van der Waals surface area contributed by atoms with Crippen LogP contribution >= 0.6 is 15.9 Å². The standard InChI is InChI=1S/C16H15BrN2O2/c17-14-4-2-1-3-13(14)15-11-19(9-10-21-15)16(20)12-5-7-18-8-6-12/h1-8,15H,9-11H2/t15-/m0/s1. The first kappa shape index (κ1) is 14.2. The fraction of sp³-hybridized carbons (Fsp3) is 0.250. The number of ether oxygens (including phenoxy) is 1. The molecule has 108 valence electrons. The first-order chi connectivity index (χ1) is 10.3. The largest absolute Gasteiger partial charge is 0.370 e. The van der Waals surface area contributed by atoms with Crippen LogP contribution in [0.5, 0.6) is 0 Å². The van der Waals surface area contributed by atoms with E-state index in [2.05, 4.69) is 20.9 Å². The maximum Gasteiger partial charge on any atom is 0.254 e. The minimum atomic E-state index is -0.0971. The molecule has 1 amide bonds. The minimum Gasteiger partial charge on any atom is -0.370 e. The molecule has 0 aliphatic carbocycles. The van der Waals surface area contributed by atoms with Crippen molar-refractivity contribution in [2.75, 3.05) is 19.7 Å². The van der Waals surface area contributed by atoms with Gasteiger partial charge in [-0.15, -0.1) is 0 Å². The molecule has 0 bridgehead atoms. The van der Waals surface area contributed by atoms with Gasteiger partial charge in [-0.25, -0.2) is 0 Å². The van der Waals surface area contributed by atoms with Crippen molar-refractivity contribution in [3.8, 4) is 0 Å². The van der Waals surface area contributed by atoms with E-state index in [1.807, 2.05) is 29.2 Å². The molecule has 21 heavy (non-hydrogen) atoms. The molecule has 1 saturated heterocycles. The van der Waals surface area contributed by atoms with E-state index in [4.69, 9.17) is 4.74 Å². The lowest BCUT2D eigenvalue weighted by Crippen LogP contribution is -2.42. The Kier molecular flexibility index (Phi) is 4.31. The number of morpholine rings is 1. The van der Waals surface area contributed by atoms with Gasteiger partial charge in [0.15, 0.2) is 0 Å². The Morgan fingerprint density at radius 3 is 2.76 bits per heavy atom. The van der Waals surface area contributed by atoms with Crippen LogP contribution in [0, 0.1) is 0 Å². The van der Waals surface area contributed by atoms with Crippen molar-refractivity contribution in [3.63, 3.8) is 0 Å². The summed E-state index contributed by atoms with van der Waals surface area (Å²) < 4.78 is 6.83. The van der Waals surface area contributed by atoms with Gasteiger partial charge in [-0.2, -0.15) is 0 Å². The molecule has 1 aliphatic rings. The van der Waals surface area contributed by atoms with Gasteiger partial charge in [0.05, 0.1) is 13.2 Å². The number of carbonyl (C=O) groups excluding carboxylic acids is 1. The molecule has 0 saturated carbocycles. The third-order valence-electron chi connectivity index (χ3n) is 3.53. The van der Waals surface area contributed by atoms with Crippen LogP contribution in [-0.2, 0) is 4.74 Å². The summed E-state index contributed by atoms with van der Waals surface area (Å²) in [6.45, 7) is 1.72. The summed E-state index contributed by atoms with van der Waals surface area (Å²) in [4.78, 5) is 18.3. The maximum absolute atomic E-state index is 12.5. The zero-order valence-electron chi connectivity index (χ0n) is 11.4. The van der Waals surface area contributed by atoms with Crippen LogP contribution in [0.15, 0.2) is 53.3 Å². The van der Waals surface area contributed by atoms with Gasteiger partial charge < -0.3 is 9.64 Å². The lowest BCUT2D eigenvalue weighted by Gasteiger charge is -2.33. The molecule has 4 nitrogen and oxygen atoms in total. The number of pyridine rings is 1. The molecular weight excluding hydrogens is 332 g/mol. The Balaban J connectivity index is 1.77. The Morgan fingerprint density at radius 2 is 2.00 bits per heavy atom. The fourth-order valence-corrected chi connectivity index (χ4v) is 2.98. The van der Waals surface area contributed by atoms with Crippen molar-refractivity contribution >= 4 is 21.8 Å². The highest BCUT2D eigenvalue weighted by molar-refractivity contribution is 9.10. The van der Waals surface area contributed by atoms with Crippen LogP contribution < -0.4 is 0 Å². The first-order valence-electron chi connectivity index (χ1n) is 6.81. The van der Waals surface area contributed by atoms with Gasteiger partial charge in [0.2, 0.25) is 0 Å². The molecule has 5 heteroatoms. The number of carbonyl (C=O) groups is 1. The van der Waals surface area contributed by atoms with Crippen LogP contribution in [-0.4, -0.2) is 35.5 Å². The van der Waals surface area contributed by atoms with Crippen LogP contribution in [0.2, 0.25) is 0 Å². The van der Waals surface area contributed by atoms with Crippen LogP contribution in [0.3, 0.4) is 0 Å². The normalized spacial score (nSPS) is 18.5. The summed E-state index contributed by atoms with van der Waals surface area (Å²) in [7, 11) is 0. The highest BCUT2D eigenvalue weighted by Gasteiger charge is 2.27. The fourth-order valence-electron chi connectivity index (χ4n) is 2.44. The van der Waals surface area contributed by atoms with Crippen molar-refractivity contribution in [2.24, 2.45) is 0 Å². The van der Waals surface area contributed by atoms with E-state index in [9.17, 15) is 4.79 Å². The van der Waals surface area contributed by atoms with Crippen molar-refractivity contribution < 1.29 is 9.53 Å². The summed E-state index contributed by atoms with van der Waals surface area (Å²) in [5.41, 5.74) is 1.74. The van der Waals surface area contributed by atoms with Crippen molar-refractivity contribution in [2.45, 2.75) is 6.10 Å². The van der Waals surface area contributed by atoms with Crippen molar-refractivity contribution in [1.29, 1.82) is 0 Å². The molecule has 2 aromatic rings. The third kappa shape index (κ3) is 3.14. The molecule has 2 heterocycles. The van der Waals surface area contributed by atoms with Crippen molar-refractivity contribution in [3.05, 3.63) is 64.4 Å². The van der Waals surface area contributed by atoms with Gasteiger partial charge in [-0.3, -0.25) is 9.78 Å². The second-order valence-electron chi connectivity index (χ2n) is 4.87. The first-order valence-corrected chi connectivity index (χ1v) is 7.60. The van der Waals surface area contributed by atoms with E-state index in [-0.39, 0.29) is 12.0 Å². The molecule has 1 aromatic carbocycles. The van der Waals surface area contributed by atoms with Gasteiger partial charge in [-0.05, 0) is 23.8 Å². The zero-order valence-corrected chi connectivity index (χ0v) is 13.0. The summed E-state index contributed by atoms with van der Waals surface area (Å²) in [5.74, 6) is 0.0257. The Morgan fingerprint density at radius 1 is 1.24 bits per heavy atom. The number of aromatic nitrogens is 1. The van der Waals surface area contributed by atoms with E-state index in [0.29, 0.717) is 25.3 Å². The van der Waals surface area contributed by atoms with Gasteiger partial charge in [0, 0.05) is 29.0 Å². The maximum atomic E-state index is 12.5. The summed E-state index contributed by atoms with van der Waals surface area (Å²) in [6, 6.07) is 11.4. The lowest BCUT2D eigenvalue weighted by molar-refractivity contribution is -0.0231. The van der Waals surface area contributed by atoms with E-state index in [0.717, 1.165) is 10.0 Å². The van der Waals surface area contributed by atoms with E-state index < -0.39 is 0 Å². The van der Waals surface area contributed by atoms with E-state index in [1.165, 1.54) is 0 Å². The molecule has 1 aliphatic heterocycles. The van der Waals surface area contributed by atoms with E-state index in [1.54, 1.807) is 24.5 Å². The molecule has 0 N–H and O–H groups in total. The second kappa shape index (κ2) is 6.37. The lowest BCUT2D eigenvalue weighted by atomic mass is 10.1. The quantitative estimate of drug-likeness (QED) is 0.839. The van der Waals surface area contributed by atoms with Gasteiger partial charge in [0.25, 0.3) is 5.91 Å². The molecule has 1 aromatic heterocycles. The molecular formula is C16H15BrN2O2. The number of halogens is 1. The molecule has 1 atom stereocenters. The van der Waals surface area contributed by atoms with Gasteiger partial charge in [-0.1, -0.05) is 34.1 Å². The average molecular weight is 347 g/mol. The highest BCUT2D eigenvalue weighted by Crippen LogP contribution is 2.29. The smallest absolute Gasteiger partial charge is 0.254 e. The third-order valence-corrected chi connectivity index (χ3v) is 4.26. The number of hydrogen-bond donors (Lipinski definition) is 0. The molecule has 0 radical (unpaired) electrons. The van der Waals surface area contributed by atoms with Crippen LogP contribution in [0.25, 0.3) is 0 Å². The summed E-state index contributed by atoms with van der Waals surface area (Å²) in [5, 5.41) is 0. The Hall–Kier alpha value is -1.72. The topological polar surface area (TPSA) is 42.4 Å². The van der Waals surface area contributed by atoms with Gasteiger partial charge in [0.1, 0.15) is 6.10 Å². The molecule has 0 unspecified atom stereocenters. The number of benzene rings is 1. The van der Waals surface area contributed by atoms with E-state index >= 15 is 0 Å². The Bertz CT molecular complexity index is 633. The number of nitrogens with zero attached hydrogens (tertiary/aromatic N) is 2. The molecule has 3 rings (SSSR count). The summed E-state index contributed by atoms with van der Waals surface area (Å²) >= 11 is 3.54. The number of amides is 1. The SMILES string of the molecule is O=C(c1ccncc1)N1CCO[C@H](c2ccccc2Br)C1. The number of rotatable bonds is 2. The number of hydrogen-bond acceptors (Lipinski definition) is 3. The summed E-state index contributed by atoms with van der Waals surface area (Å²) in [6.07, 6.45) is 3.18. The van der Waals surface area contributed by atoms with Gasteiger partial charge >= 0.3 is 0 Å². The highest BCUT2D eigenvalue weighted by atomic mass is 79.9. The average Bonchev–Trinajstić information content (AvgIpc) is 2.55. The zero-order chi connectivity index (χ0) is 14.7. The predicted molar refractivity (Wildman–Crippen MR) is 83.0 cm³/mol. The Labute approximate surface area is 131 Å². The molecule has 1 fully saturated rings. The second-order valence-corrected chi connectivity index (χ2v) is 5.72. The predicted octanol–water partition coefficient (Wildman–Crippen LogP) is 3.06. The molecule has 0 spiro atoms. The minimum absolute atomic E-state index is 0.0257. The van der Waals surface area contributed by atoms with Crippen molar-refractivity contribution in [1.82, 2.24) is 9.88 Å². The monoisotopic (exact) mass is 346 g/mol.